The predicted octanol–water partition coefficient (Wildman–Crippen LogP) is 0.621. The van der Waals surface area contributed by atoms with Crippen LogP contribution in [0, 0.1) is 0 Å². The Morgan fingerprint density at radius 3 is 2.69 bits per heavy atom. The van der Waals surface area contributed by atoms with Gasteiger partial charge in [-0.25, -0.2) is 0 Å². The number of aliphatic carboxylic acids is 1. The molecule has 0 radical (unpaired) electrons. The van der Waals surface area contributed by atoms with E-state index < -0.39 is 12.0 Å². The van der Waals surface area contributed by atoms with Crippen LogP contribution in [0.15, 0.2) is 30.3 Å². The maximum Gasteiger partial charge on any atom is 0.321 e. The number of aryl methyl sites for hydroxylation is 1. The number of hydrogen-bond acceptors (Lipinski definition) is 3. The molecule has 1 unspecified atom stereocenters. The van der Waals surface area contributed by atoms with Crippen LogP contribution in [0.25, 0.3) is 0 Å². The fourth-order valence-corrected chi connectivity index (χ4v) is 1.41. The number of carbonyl (C=O) groups is 1. The molecule has 0 aliphatic carbocycles. The highest BCUT2D eigenvalue weighted by Gasteiger charge is 2.09. The molecule has 0 fully saturated rings. The van der Waals surface area contributed by atoms with Crippen molar-refractivity contribution in [2.75, 3.05) is 13.1 Å². The van der Waals surface area contributed by atoms with Crippen molar-refractivity contribution in [1.82, 2.24) is 5.32 Å². The van der Waals surface area contributed by atoms with Gasteiger partial charge in [0.2, 0.25) is 0 Å². The molecule has 1 aromatic carbocycles. The summed E-state index contributed by atoms with van der Waals surface area (Å²) in [6.45, 7) is 1.11. The molecular weight excluding hydrogens is 204 g/mol. The molecule has 0 bridgehead atoms. The van der Waals surface area contributed by atoms with E-state index in [0.29, 0.717) is 6.54 Å². The quantitative estimate of drug-likeness (QED) is 0.591. The Hall–Kier alpha value is -1.39. The van der Waals surface area contributed by atoms with Gasteiger partial charge in [-0.1, -0.05) is 30.3 Å². The molecule has 16 heavy (non-hydrogen) atoms. The minimum absolute atomic E-state index is 0.324. The van der Waals surface area contributed by atoms with Gasteiger partial charge in [0.1, 0.15) is 6.04 Å². The first-order chi connectivity index (χ1) is 7.70. The van der Waals surface area contributed by atoms with Crippen molar-refractivity contribution in [3.63, 3.8) is 0 Å². The smallest absolute Gasteiger partial charge is 0.321 e. The lowest BCUT2D eigenvalue weighted by molar-refractivity contribution is -0.138. The van der Waals surface area contributed by atoms with Gasteiger partial charge in [-0.15, -0.1) is 0 Å². The second kappa shape index (κ2) is 6.98. The Kier molecular flexibility index (Phi) is 5.53. The van der Waals surface area contributed by atoms with E-state index in [-0.39, 0.29) is 0 Å². The summed E-state index contributed by atoms with van der Waals surface area (Å²) < 4.78 is 0. The Labute approximate surface area is 95.5 Å². The Bertz CT molecular complexity index is 314. The average Bonchev–Trinajstić information content (AvgIpc) is 2.29. The molecule has 0 heterocycles. The number of nitrogens with one attached hydrogen (secondary N) is 1. The van der Waals surface area contributed by atoms with E-state index >= 15 is 0 Å². The standard InChI is InChI=1S/C12H18N2O2/c13-11(12(15)16)9-14-8-4-7-10-5-2-1-3-6-10/h1-3,5-6,11,14H,4,7-9,13H2,(H,15,16). The normalized spacial score (nSPS) is 12.3. The van der Waals surface area contributed by atoms with Crippen molar-refractivity contribution in [2.45, 2.75) is 18.9 Å². The first-order valence-corrected chi connectivity index (χ1v) is 5.43. The number of carboxylic acid groups (broad SMARTS) is 1. The fraction of sp³-hybridized carbons (Fsp3) is 0.417. The zero-order chi connectivity index (χ0) is 11.8. The molecule has 1 rings (SSSR count). The van der Waals surface area contributed by atoms with Gasteiger partial charge in [-0.05, 0) is 24.9 Å². The predicted molar refractivity (Wildman–Crippen MR) is 63.2 cm³/mol. The average molecular weight is 222 g/mol. The van der Waals surface area contributed by atoms with Gasteiger partial charge in [0.25, 0.3) is 0 Å². The summed E-state index contributed by atoms with van der Waals surface area (Å²) in [7, 11) is 0. The fourth-order valence-electron chi connectivity index (χ4n) is 1.41. The summed E-state index contributed by atoms with van der Waals surface area (Å²) in [5.41, 5.74) is 6.65. The lowest BCUT2D eigenvalue weighted by atomic mass is 10.1. The van der Waals surface area contributed by atoms with Gasteiger partial charge in [0, 0.05) is 6.54 Å². The molecule has 0 aliphatic rings. The molecule has 0 amide bonds. The molecule has 0 spiro atoms. The number of rotatable bonds is 7. The van der Waals surface area contributed by atoms with Crippen LogP contribution in [-0.4, -0.2) is 30.2 Å². The first kappa shape index (κ1) is 12.7. The van der Waals surface area contributed by atoms with Gasteiger partial charge < -0.3 is 16.2 Å². The van der Waals surface area contributed by atoms with Crippen molar-refractivity contribution in [2.24, 2.45) is 5.73 Å². The monoisotopic (exact) mass is 222 g/mol. The van der Waals surface area contributed by atoms with E-state index in [1.807, 2.05) is 18.2 Å². The SMILES string of the molecule is NC(CNCCCc1ccccc1)C(=O)O. The van der Waals surface area contributed by atoms with Crippen molar-refractivity contribution >= 4 is 5.97 Å². The third-order valence-electron chi connectivity index (χ3n) is 2.34. The summed E-state index contributed by atoms with van der Waals surface area (Å²) in [4.78, 5) is 10.4. The Morgan fingerprint density at radius 2 is 2.06 bits per heavy atom. The Morgan fingerprint density at radius 1 is 1.38 bits per heavy atom. The van der Waals surface area contributed by atoms with E-state index in [2.05, 4.69) is 17.4 Å². The first-order valence-electron chi connectivity index (χ1n) is 5.43. The second-order valence-electron chi connectivity index (χ2n) is 3.74. The third-order valence-corrected chi connectivity index (χ3v) is 2.34. The highest BCUT2D eigenvalue weighted by molar-refractivity contribution is 5.73. The molecule has 0 saturated carbocycles. The minimum Gasteiger partial charge on any atom is -0.480 e. The van der Waals surface area contributed by atoms with E-state index in [9.17, 15) is 4.79 Å². The summed E-state index contributed by atoms with van der Waals surface area (Å²) in [5.74, 6) is -0.962. The molecule has 4 nitrogen and oxygen atoms in total. The van der Waals surface area contributed by atoms with Crippen LogP contribution in [0.2, 0.25) is 0 Å². The molecular formula is C12H18N2O2. The summed E-state index contributed by atoms with van der Waals surface area (Å²) in [6, 6.07) is 9.39. The molecule has 4 heteroatoms. The maximum absolute atomic E-state index is 10.4. The number of benzene rings is 1. The molecule has 0 aliphatic heterocycles. The molecule has 88 valence electrons. The van der Waals surface area contributed by atoms with Crippen LogP contribution in [0.4, 0.5) is 0 Å². The summed E-state index contributed by atoms with van der Waals surface area (Å²) in [5, 5.41) is 11.6. The highest BCUT2D eigenvalue weighted by atomic mass is 16.4. The third kappa shape index (κ3) is 4.91. The molecule has 1 atom stereocenters. The van der Waals surface area contributed by atoms with Crippen LogP contribution < -0.4 is 11.1 Å². The van der Waals surface area contributed by atoms with Crippen LogP contribution in [0.3, 0.4) is 0 Å². The van der Waals surface area contributed by atoms with Crippen molar-refractivity contribution in [1.29, 1.82) is 0 Å². The highest BCUT2D eigenvalue weighted by Crippen LogP contribution is 2.01. The minimum atomic E-state index is -0.962. The molecule has 0 aromatic heterocycles. The van der Waals surface area contributed by atoms with Crippen molar-refractivity contribution in [3.05, 3.63) is 35.9 Å². The number of nitrogens with two attached hydrogens (primary N) is 1. The van der Waals surface area contributed by atoms with E-state index in [1.165, 1.54) is 5.56 Å². The molecule has 0 saturated heterocycles. The van der Waals surface area contributed by atoms with E-state index in [1.54, 1.807) is 0 Å². The van der Waals surface area contributed by atoms with Crippen LogP contribution in [0.5, 0.6) is 0 Å². The van der Waals surface area contributed by atoms with E-state index in [4.69, 9.17) is 10.8 Å². The van der Waals surface area contributed by atoms with Gasteiger partial charge >= 0.3 is 5.97 Å². The zero-order valence-electron chi connectivity index (χ0n) is 9.23. The topological polar surface area (TPSA) is 75.3 Å². The lowest BCUT2D eigenvalue weighted by Crippen LogP contribution is -2.40. The number of hydrogen-bond donors (Lipinski definition) is 3. The van der Waals surface area contributed by atoms with Crippen molar-refractivity contribution in [3.8, 4) is 0 Å². The summed E-state index contributed by atoms with van der Waals surface area (Å²) in [6.07, 6.45) is 1.98. The zero-order valence-corrected chi connectivity index (χ0v) is 9.23. The van der Waals surface area contributed by atoms with Gasteiger partial charge in [0.05, 0.1) is 0 Å². The van der Waals surface area contributed by atoms with Gasteiger partial charge in [-0.3, -0.25) is 4.79 Å². The second-order valence-corrected chi connectivity index (χ2v) is 3.74. The van der Waals surface area contributed by atoms with Gasteiger partial charge in [-0.2, -0.15) is 0 Å². The van der Waals surface area contributed by atoms with Crippen molar-refractivity contribution < 1.29 is 9.90 Å². The van der Waals surface area contributed by atoms with Crippen LogP contribution >= 0.6 is 0 Å². The van der Waals surface area contributed by atoms with E-state index in [0.717, 1.165) is 19.4 Å². The molecule has 4 N–H and O–H groups in total. The summed E-state index contributed by atoms with van der Waals surface area (Å²) >= 11 is 0. The lowest BCUT2D eigenvalue weighted by Gasteiger charge is -2.08. The van der Waals surface area contributed by atoms with Crippen LogP contribution in [0.1, 0.15) is 12.0 Å². The van der Waals surface area contributed by atoms with Crippen LogP contribution in [-0.2, 0) is 11.2 Å². The molecule has 1 aromatic rings. The Balaban J connectivity index is 2.07. The maximum atomic E-state index is 10.4. The van der Waals surface area contributed by atoms with Gasteiger partial charge in [0.15, 0.2) is 0 Å². The number of carboxylic acids is 1. The largest absolute Gasteiger partial charge is 0.480 e.